The number of rotatable bonds is 1. The standard InChI is InChI=1S/C12H15NO/c1-7-8(2)10(4)12(13-6-14)11(5)9(7)3/h1-5H3. The topological polar surface area (TPSA) is 29.4 Å². The molecule has 0 aliphatic carbocycles. The van der Waals surface area contributed by atoms with Gasteiger partial charge in [-0.15, -0.1) is 0 Å². The zero-order valence-electron chi connectivity index (χ0n) is 9.36. The van der Waals surface area contributed by atoms with Crippen molar-refractivity contribution in [1.82, 2.24) is 0 Å². The Bertz CT molecular complexity index is 397. The Hall–Kier alpha value is -1.40. The van der Waals surface area contributed by atoms with Crippen molar-refractivity contribution >= 4 is 11.8 Å². The molecule has 0 unspecified atom stereocenters. The van der Waals surface area contributed by atoms with Gasteiger partial charge in [0.2, 0.25) is 6.08 Å². The van der Waals surface area contributed by atoms with Crippen LogP contribution in [0, 0.1) is 34.6 Å². The van der Waals surface area contributed by atoms with Crippen molar-refractivity contribution in [1.29, 1.82) is 0 Å². The fourth-order valence-electron chi connectivity index (χ4n) is 1.69. The van der Waals surface area contributed by atoms with Crippen molar-refractivity contribution in [3.05, 3.63) is 27.8 Å². The van der Waals surface area contributed by atoms with Crippen LogP contribution in [0.15, 0.2) is 4.99 Å². The van der Waals surface area contributed by atoms with Gasteiger partial charge in [0.1, 0.15) is 0 Å². The van der Waals surface area contributed by atoms with E-state index in [1.807, 2.05) is 13.8 Å². The predicted molar refractivity (Wildman–Crippen MR) is 57.9 cm³/mol. The Morgan fingerprint density at radius 1 is 0.786 bits per heavy atom. The van der Waals surface area contributed by atoms with Crippen LogP contribution in [0.3, 0.4) is 0 Å². The van der Waals surface area contributed by atoms with Crippen molar-refractivity contribution in [3.8, 4) is 0 Å². The highest BCUT2D eigenvalue weighted by atomic mass is 16.1. The summed E-state index contributed by atoms with van der Waals surface area (Å²) in [5.74, 6) is 0. The van der Waals surface area contributed by atoms with Gasteiger partial charge in [0.25, 0.3) is 0 Å². The molecule has 0 N–H and O–H groups in total. The zero-order chi connectivity index (χ0) is 10.9. The van der Waals surface area contributed by atoms with E-state index in [1.165, 1.54) is 16.7 Å². The maximum absolute atomic E-state index is 10.3. The van der Waals surface area contributed by atoms with E-state index < -0.39 is 0 Å². The smallest absolute Gasteiger partial charge is 0.211 e. The van der Waals surface area contributed by atoms with E-state index in [0.717, 1.165) is 16.8 Å². The third-order valence-corrected chi connectivity index (χ3v) is 3.12. The lowest BCUT2D eigenvalue weighted by Gasteiger charge is -2.14. The number of hydrogen-bond acceptors (Lipinski definition) is 2. The number of isocyanates is 1. The minimum atomic E-state index is 0.778. The minimum Gasteiger partial charge on any atom is -0.211 e. The first-order chi connectivity index (χ1) is 6.50. The highest BCUT2D eigenvalue weighted by molar-refractivity contribution is 5.64. The molecule has 1 rings (SSSR count). The summed E-state index contributed by atoms with van der Waals surface area (Å²) in [5.41, 5.74) is 6.64. The van der Waals surface area contributed by atoms with Crippen LogP contribution in [0.4, 0.5) is 5.69 Å². The molecular weight excluding hydrogens is 174 g/mol. The molecule has 0 aliphatic rings. The number of aliphatic imine (C=N–C) groups is 1. The van der Waals surface area contributed by atoms with Crippen LogP contribution in [-0.2, 0) is 4.79 Å². The van der Waals surface area contributed by atoms with Gasteiger partial charge in [-0.25, -0.2) is 4.79 Å². The average Bonchev–Trinajstić information content (AvgIpc) is 2.19. The van der Waals surface area contributed by atoms with Gasteiger partial charge >= 0.3 is 0 Å². The second kappa shape index (κ2) is 3.77. The van der Waals surface area contributed by atoms with Crippen molar-refractivity contribution in [2.24, 2.45) is 4.99 Å². The number of hydrogen-bond donors (Lipinski definition) is 0. The highest BCUT2D eigenvalue weighted by Gasteiger charge is 2.10. The molecule has 0 saturated heterocycles. The number of carbonyl (C=O) groups excluding carboxylic acids is 1. The minimum absolute atomic E-state index is 0.778. The largest absolute Gasteiger partial charge is 0.240 e. The Kier molecular flexibility index (Phi) is 2.87. The third kappa shape index (κ3) is 1.49. The first-order valence-electron chi connectivity index (χ1n) is 4.65. The SMILES string of the molecule is Cc1c(C)c(C)c(N=C=O)c(C)c1C. The molecular formula is C12H15NO. The van der Waals surface area contributed by atoms with Gasteiger partial charge in [0, 0.05) is 0 Å². The van der Waals surface area contributed by atoms with Crippen molar-refractivity contribution in [3.63, 3.8) is 0 Å². The first kappa shape index (κ1) is 10.7. The van der Waals surface area contributed by atoms with Gasteiger partial charge in [0.05, 0.1) is 5.69 Å². The third-order valence-electron chi connectivity index (χ3n) is 3.12. The van der Waals surface area contributed by atoms with Gasteiger partial charge in [-0.2, -0.15) is 4.99 Å². The highest BCUT2D eigenvalue weighted by Crippen LogP contribution is 2.31. The summed E-state index contributed by atoms with van der Waals surface area (Å²) in [5, 5.41) is 0. The summed E-state index contributed by atoms with van der Waals surface area (Å²) in [4.78, 5) is 14.1. The van der Waals surface area contributed by atoms with Crippen LogP contribution < -0.4 is 0 Å². The maximum atomic E-state index is 10.3. The average molecular weight is 189 g/mol. The Morgan fingerprint density at radius 2 is 1.14 bits per heavy atom. The Labute approximate surface area is 84.7 Å². The Morgan fingerprint density at radius 3 is 1.50 bits per heavy atom. The van der Waals surface area contributed by atoms with E-state index in [9.17, 15) is 4.79 Å². The molecule has 14 heavy (non-hydrogen) atoms. The van der Waals surface area contributed by atoms with Crippen LogP contribution in [0.5, 0.6) is 0 Å². The normalized spacial score (nSPS) is 9.79. The zero-order valence-corrected chi connectivity index (χ0v) is 9.36. The number of nitrogens with zero attached hydrogens (tertiary/aromatic N) is 1. The Balaban J connectivity index is 3.67. The fourth-order valence-corrected chi connectivity index (χ4v) is 1.69. The summed E-state index contributed by atoms with van der Waals surface area (Å²) in [6, 6.07) is 0. The lowest BCUT2D eigenvalue weighted by atomic mass is 9.93. The van der Waals surface area contributed by atoms with Gasteiger partial charge in [-0.3, -0.25) is 0 Å². The lowest BCUT2D eigenvalue weighted by molar-refractivity contribution is 0.565. The van der Waals surface area contributed by atoms with Gasteiger partial charge in [-0.05, 0) is 62.4 Å². The van der Waals surface area contributed by atoms with Gasteiger partial charge in [0.15, 0.2) is 0 Å². The van der Waals surface area contributed by atoms with Crippen molar-refractivity contribution in [2.75, 3.05) is 0 Å². The molecule has 0 aliphatic heterocycles. The summed E-state index contributed by atoms with van der Waals surface area (Å²) in [7, 11) is 0. The summed E-state index contributed by atoms with van der Waals surface area (Å²) in [6.07, 6.45) is 1.61. The monoisotopic (exact) mass is 189 g/mol. The predicted octanol–water partition coefficient (Wildman–Crippen LogP) is 3.20. The molecule has 0 radical (unpaired) electrons. The first-order valence-corrected chi connectivity index (χ1v) is 4.65. The molecule has 1 aromatic rings. The second-order valence-corrected chi connectivity index (χ2v) is 3.68. The molecule has 2 heteroatoms. The molecule has 0 aromatic heterocycles. The van der Waals surface area contributed by atoms with Crippen molar-refractivity contribution in [2.45, 2.75) is 34.6 Å². The van der Waals surface area contributed by atoms with E-state index in [-0.39, 0.29) is 0 Å². The fraction of sp³-hybridized carbons (Fsp3) is 0.417. The molecule has 0 atom stereocenters. The van der Waals surface area contributed by atoms with Crippen LogP contribution in [0.2, 0.25) is 0 Å². The maximum Gasteiger partial charge on any atom is 0.240 e. The van der Waals surface area contributed by atoms with Crippen LogP contribution in [0.1, 0.15) is 27.8 Å². The molecule has 2 nitrogen and oxygen atoms in total. The van der Waals surface area contributed by atoms with E-state index in [1.54, 1.807) is 6.08 Å². The molecule has 0 spiro atoms. The van der Waals surface area contributed by atoms with E-state index in [4.69, 9.17) is 0 Å². The molecule has 0 bridgehead atoms. The number of benzene rings is 1. The van der Waals surface area contributed by atoms with E-state index in [2.05, 4.69) is 25.8 Å². The van der Waals surface area contributed by atoms with Crippen LogP contribution in [-0.4, -0.2) is 6.08 Å². The van der Waals surface area contributed by atoms with E-state index >= 15 is 0 Å². The summed E-state index contributed by atoms with van der Waals surface area (Å²) < 4.78 is 0. The summed E-state index contributed by atoms with van der Waals surface area (Å²) >= 11 is 0. The van der Waals surface area contributed by atoms with Crippen LogP contribution in [0.25, 0.3) is 0 Å². The van der Waals surface area contributed by atoms with Gasteiger partial charge < -0.3 is 0 Å². The molecule has 0 fully saturated rings. The lowest BCUT2D eigenvalue weighted by Crippen LogP contribution is -1.95. The second-order valence-electron chi connectivity index (χ2n) is 3.68. The van der Waals surface area contributed by atoms with Crippen molar-refractivity contribution < 1.29 is 4.79 Å². The van der Waals surface area contributed by atoms with Gasteiger partial charge in [-0.1, -0.05) is 0 Å². The van der Waals surface area contributed by atoms with Crippen LogP contribution >= 0.6 is 0 Å². The molecule has 0 saturated carbocycles. The molecule has 0 amide bonds. The quantitative estimate of drug-likeness (QED) is 0.492. The molecule has 0 heterocycles. The summed E-state index contributed by atoms with van der Waals surface area (Å²) in [6.45, 7) is 10.2. The van der Waals surface area contributed by atoms with E-state index in [0.29, 0.717) is 0 Å². The molecule has 74 valence electrons. The molecule has 1 aromatic carbocycles.